The molecule has 2 aromatic heterocycles. The van der Waals surface area contributed by atoms with E-state index in [1.807, 2.05) is 55.5 Å². The molecule has 37 heavy (non-hydrogen) atoms. The Bertz CT molecular complexity index is 1510. The molecule has 11 heteroatoms. The Morgan fingerprint density at radius 3 is 2.68 bits per heavy atom. The lowest BCUT2D eigenvalue weighted by Gasteiger charge is -2.31. The van der Waals surface area contributed by atoms with Gasteiger partial charge in [-0.1, -0.05) is 41.9 Å². The van der Waals surface area contributed by atoms with Crippen LogP contribution in [0.25, 0.3) is 21.9 Å². The molecule has 0 radical (unpaired) electrons. The average molecular weight is 543 g/mol. The minimum absolute atomic E-state index is 0.0724. The molecule has 2 fully saturated rings. The third-order valence-corrected chi connectivity index (χ3v) is 8.65. The van der Waals surface area contributed by atoms with Crippen molar-refractivity contribution < 1.29 is 22.9 Å². The SMILES string of the molecule is CCOCc1nc2c(N)nc3ccccc3c2n1CC1(OP2(=O)OCC(c3cccc(Cl)c3)CO2)CC1. The van der Waals surface area contributed by atoms with Gasteiger partial charge in [0.2, 0.25) is 0 Å². The Morgan fingerprint density at radius 1 is 1.16 bits per heavy atom. The Morgan fingerprint density at radius 2 is 1.95 bits per heavy atom. The number of para-hydroxylation sites is 1. The zero-order chi connectivity index (χ0) is 25.6. The minimum Gasteiger partial charge on any atom is -0.382 e. The van der Waals surface area contributed by atoms with E-state index in [2.05, 4.69) is 9.55 Å². The summed E-state index contributed by atoms with van der Waals surface area (Å²) in [5.74, 6) is 0.993. The van der Waals surface area contributed by atoms with Crippen LogP contribution in [-0.4, -0.2) is 40.0 Å². The first kappa shape index (κ1) is 24.8. The molecule has 0 unspecified atom stereocenters. The Balaban J connectivity index is 1.28. The molecule has 1 aliphatic carbocycles. The lowest BCUT2D eigenvalue weighted by molar-refractivity contribution is 0.0241. The molecule has 0 atom stereocenters. The molecule has 9 nitrogen and oxygen atoms in total. The van der Waals surface area contributed by atoms with Crippen LogP contribution in [0.3, 0.4) is 0 Å². The van der Waals surface area contributed by atoms with Crippen molar-refractivity contribution >= 4 is 47.2 Å². The van der Waals surface area contributed by atoms with Gasteiger partial charge in [-0.3, -0.25) is 13.6 Å². The van der Waals surface area contributed by atoms with E-state index in [0.717, 1.165) is 22.0 Å². The van der Waals surface area contributed by atoms with Gasteiger partial charge in [0, 0.05) is 22.9 Å². The second-order valence-corrected chi connectivity index (χ2v) is 11.6. The lowest BCUT2D eigenvalue weighted by atomic mass is 10.0. The Kier molecular flexibility index (Phi) is 6.47. The molecule has 0 spiro atoms. The van der Waals surface area contributed by atoms with E-state index in [0.29, 0.717) is 54.8 Å². The van der Waals surface area contributed by atoms with E-state index in [1.165, 1.54) is 0 Å². The van der Waals surface area contributed by atoms with Crippen molar-refractivity contribution in [3.8, 4) is 0 Å². The van der Waals surface area contributed by atoms with E-state index in [4.69, 9.17) is 40.6 Å². The Labute approximate surface area is 219 Å². The average Bonchev–Trinajstić information content (AvgIpc) is 3.53. The predicted octanol–water partition coefficient (Wildman–Crippen LogP) is 5.84. The van der Waals surface area contributed by atoms with Crippen LogP contribution in [0.2, 0.25) is 5.02 Å². The van der Waals surface area contributed by atoms with Crippen molar-refractivity contribution in [1.29, 1.82) is 0 Å². The fourth-order valence-corrected chi connectivity index (χ4v) is 6.59. The van der Waals surface area contributed by atoms with E-state index in [1.54, 1.807) is 0 Å². The van der Waals surface area contributed by atoms with Gasteiger partial charge in [0.15, 0.2) is 5.82 Å². The molecule has 1 saturated carbocycles. The largest absolute Gasteiger partial charge is 0.475 e. The van der Waals surface area contributed by atoms with Crippen molar-refractivity contribution in [3.05, 3.63) is 64.9 Å². The van der Waals surface area contributed by atoms with Gasteiger partial charge in [0.25, 0.3) is 0 Å². The van der Waals surface area contributed by atoms with Crippen molar-refractivity contribution in [2.45, 2.75) is 44.4 Å². The maximum atomic E-state index is 13.5. The van der Waals surface area contributed by atoms with Gasteiger partial charge < -0.3 is 15.0 Å². The number of halogens is 1. The first-order valence-electron chi connectivity index (χ1n) is 12.3. The van der Waals surface area contributed by atoms with Gasteiger partial charge in [0.1, 0.15) is 17.9 Å². The molecule has 1 saturated heterocycles. The molecule has 2 N–H and O–H groups in total. The number of ether oxygens (including phenoxy) is 1. The number of benzene rings is 2. The van der Waals surface area contributed by atoms with Gasteiger partial charge in [-0.05, 0) is 43.5 Å². The predicted molar refractivity (Wildman–Crippen MR) is 142 cm³/mol. The zero-order valence-electron chi connectivity index (χ0n) is 20.4. The molecule has 2 aliphatic rings. The highest BCUT2D eigenvalue weighted by atomic mass is 35.5. The minimum atomic E-state index is -3.75. The van der Waals surface area contributed by atoms with Crippen LogP contribution in [0.1, 0.15) is 37.1 Å². The molecule has 2 aromatic carbocycles. The van der Waals surface area contributed by atoms with Crippen LogP contribution in [-0.2, 0) is 36.0 Å². The second-order valence-electron chi connectivity index (χ2n) is 9.53. The summed E-state index contributed by atoms with van der Waals surface area (Å²) in [6.07, 6.45) is 1.43. The van der Waals surface area contributed by atoms with Gasteiger partial charge in [0.05, 0.1) is 36.4 Å². The van der Waals surface area contributed by atoms with Crippen LogP contribution in [0.5, 0.6) is 0 Å². The summed E-state index contributed by atoms with van der Waals surface area (Å²) in [6.45, 7) is 3.65. The smallest absolute Gasteiger partial charge is 0.382 e. The van der Waals surface area contributed by atoms with Crippen LogP contribution >= 0.6 is 19.4 Å². The molecular formula is C26H28ClN4O5P. The van der Waals surface area contributed by atoms with Gasteiger partial charge in [-0.2, -0.15) is 0 Å². The highest BCUT2D eigenvalue weighted by molar-refractivity contribution is 7.48. The van der Waals surface area contributed by atoms with Crippen molar-refractivity contribution in [1.82, 2.24) is 14.5 Å². The summed E-state index contributed by atoms with van der Waals surface area (Å²) < 4.78 is 38.9. The monoisotopic (exact) mass is 542 g/mol. The van der Waals surface area contributed by atoms with Crippen molar-refractivity contribution in [2.24, 2.45) is 0 Å². The van der Waals surface area contributed by atoms with Crippen molar-refractivity contribution in [3.63, 3.8) is 0 Å². The van der Waals surface area contributed by atoms with Crippen LogP contribution in [0, 0.1) is 0 Å². The highest BCUT2D eigenvalue weighted by Gasteiger charge is 2.52. The number of pyridine rings is 1. The number of nitrogens with zero attached hydrogens (tertiary/aromatic N) is 3. The quantitative estimate of drug-likeness (QED) is 0.276. The molecule has 0 bridgehead atoms. The summed E-state index contributed by atoms with van der Waals surface area (Å²) >= 11 is 6.13. The first-order valence-corrected chi connectivity index (χ1v) is 14.2. The third kappa shape index (κ3) is 4.88. The molecule has 1 aliphatic heterocycles. The molecule has 0 amide bonds. The summed E-state index contributed by atoms with van der Waals surface area (Å²) in [4.78, 5) is 9.31. The van der Waals surface area contributed by atoms with Gasteiger partial charge >= 0.3 is 7.82 Å². The fourth-order valence-electron chi connectivity index (χ4n) is 4.78. The maximum absolute atomic E-state index is 13.5. The Hall–Kier alpha value is -2.52. The third-order valence-electron chi connectivity index (χ3n) is 6.87. The highest BCUT2D eigenvalue weighted by Crippen LogP contribution is 2.61. The summed E-state index contributed by atoms with van der Waals surface area (Å²) in [7, 11) is -3.75. The molecule has 194 valence electrons. The van der Waals surface area contributed by atoms with E-state index < -0.39 is 13.4 Å². The summed E-state index contributed by atoms with van der Waals surface area (Å²) in [6, 6.07) is 15.3. The van der Waals surface area contributed by atoms with Gasteiger partial charge in [-0.15, -0.1) is 0 Å². The number of imidazole rings is 1. The van der Waals surface area contributed by atoms with Crippen LogP contribution in [0.4, 0.5) is 5.82 Å². The first-order chi connectivity index (χ1) is 17.9. The number of rotatable bonds is 8. The maximum Gasteiger partial charge on any atom is 0.475 e. The number of phosphoric acid groups is 1. The van der Waals surface area contributed by atoms with E-state index >= 15 is 0 Å². The standard InChI is InChI=1S/C26H28ClN4O5P/c1-2-33-15-22-30-23-24(20-8-3-4-9-21(20)29-25(23)28)31(22)16-26(10-11-26)36-37(32)34-13-18(14-35-37)17-6-5-7-19(27)12-17/h3-9,12,18H,2,10-11,13-16H2,1H3,(H2,28,29). The summed E-state index contributed by atoms with van der Waals surface area (Å²) in [5.41, 5.74) is 8.83. The number of hydrogen-bond acceptors (Lipinski definition) is 8. The number of anilines is 1. The second kappa shape index (κ2) is 9.66. The van der Waals surface area contributed by atoms with E-state index in [-0.39, 0.29) is 19.1 Å². The normalized spacial score (nSPS) is 23.0. The molecule has 3 heterocycles. The molecule has 6 rings (SSSR count). The molecular weight excluding hydrogens is 515 g/mol. The zero-order valence-corrected chi connectivity index (χ0v) is 22.1. The lowest BCUT2D eigenvalue weighted by Crippen LogP contribution is -2.27. The fraction of sp³-hybridized carbons (Fsp3) is 0.385. The molecule has 4 aromatic rings. The number of aromatic nitrogens is 3. The number of nitrogen functional groups attached to an aromatic ring is 1. The topological polar surface area (TPSA) is 111 Å². The van der Waals surface area contributed by atoms with Crippen molar-refractivity contribution in [2.75, 3.05) is 25.6 Å². The number of phosphoric ester groups is 1. The number of nitrogens with two attached hydrogens (primary N) is 1. The number of hydrogen-bond donors (Lipinski definition) is 1. The van der Waals surface area contributed by atoms with Crippen LogP contribution in [0.15, 0.2) is 48.5 Å². The summed E-state index contributed by atoms with van der Waals surface area (Å²) in [5, 5.41) is 1.57. The van der Waals surface area contributed by atoms with Crippen LogP contribution < -0.4 is 5.73 Å². The number of fused-ring (bicyclic) bond motifs is 3. The van der Waals surface area contributed by atoms with E-state index in [9.17, 15) is 4.57 Å². The van der Waals surface area contributed by atoms with Gasteiger partial charge in [-0.25, -0.2) is 14.5 Å².